The standard InChI is InChI=1S/C11H11F3/c12-9-5-2-1-4-8(9)11(10(13)14)6-3-7-11/h1-2,4-5,10H,3,6-7H2. The predicted octanol–water partition coefficient (Wildman–Crippen LogP) is 3.51. The molecule has 1 aliphatic carbocycles. The van der Waals surface area contributed by atoms with Crippen LogP contribution in [0.15, 0.2) is 24.3 Å². The zero-order valence-corrected chi connectivity index (χ0v) is 7.64. The fourth-order valence-corrected chi connectivity index (χ4v) is 2.03. The van der Waals surface area contributed by atoms with Crippen molar-refractivity contribution in [1.29, 1.82) is 0 Å². The fourth-order valence-electron chi connectivity index (χ4n) is 2.03. The summed E-state index contributed by atoms with van der Waals surface area (Å²) in [6, 6.07) is 5.86. The van der Waals surface area contributed by atoms with E-state index in [4.69, 9.17) is 0 Å². The van der Waals surface area contributed by atoms with E-state index in [1.807, 2.05) is 0 Å². The summed E-state index contributed by atoms with van der Waals surface area (Å²) >= 11 is 0. The molecule has 0 nitrogen and oxygen atoms in total. The predicted molar refractivity (Wildman–Crippen MR) is 47.9 cm³/mol. The van der Waals surface area contributed by atoms with Crippen molar-refractivity contribution >= 4 is 0 Å². The van der Waals surface area contributed by atoms with Gasteiger partial charge in [-0.25, -0.2) is 13.2 Å². The molecule has 0 aliphatic heterocycles. The van der Waals surface area contributed by atoms with Crippen LogP contribution in [0.3, 0.4) is 0 Å². The molecular weight excluding hydrogens is 189 g/mol. The first kappa shape index (κ1) is 9.56. The Morgan fingerprint density at radius 3 is 2.21 bits per heavy atom. The van der Waals surface area contributed by atoms with Gasteiger partial charge in [-0.05, 0) is 24.5 Å². The Labute approximate surface area is 80.7 Å². The molecular formula is C11H11F3. The first-order valence-corrected chi connectivity index (χ1v) is 4.70. The summed E-state index contributed by atoms with van der Waals surface area (Å²) in [5.74, 6) is -0.507. The van der Waals surface area contributed by atoms with Crippen molar-refractivity contribution in [3.8, 4) is 0 Å². The van der Waals surface area contributed by atoms with E-state index in [0.717, 1.165) is 6.42 Å². The second-order valence-electron chi connectivity index (χ2n) is 3.79. The molecule has 0 spiro atoms. The molecule has 0 aromatic heterocycles. The smallest absolute Gasteiger partial charge is 0.210 e. The van der Waals surface area contributed by atoms with Crippen LogP contribution >= 0.6 is 0 Å². The molecule has 0 heterocycles. The minimum Gasteiger partial charge on any atom is -0.210 e. The van der Waals surface area contributed by atoms with Gasteiger partial charge in [-0.3, -0.25) is 0 Å². The van der Waals surface area contributed by atoms with Crippen molar-refractivity contribution in [2.24, 2.45) is 0 Å². The maximum atomic E-state index is 13.3. The lowest BCUT2D eigenvalue weighted by Crippen LogP contribution is -2.42. The fraction of sp³-hybridized carbons (Fsp3) is 0.455. The van der Waals surface area contributed by atoms with Crippen molar-refractivity contribution in [2.75, 3.05) is 0 Å². The molecule has 1 aromatic carbocycles. The Kier molecular flexibility index (Phi) is 2.25. The molecule has 1 fully saturated rings. The molecule has 0 unspecified atom stereocenters. The first-order valence-electron chi connectivity index (χ1n) is 4.70. The average molecular weight is 200 g/mol. The number of alkyl halides is 2. The second-order valence-corrected chi connectivity index (χ2v) is 3.79. The molecule has 1 saturated carbocycles. The third-order valence-electron chi connectivity index (χ3n) is 3.07. The van der Waals surface area contributed by atoms with Gasteiger partial charge in [-0.2, -0.15) is 0 Å². The lowest BCUT2D eigenvalue weighted by atomic mass is 9.64. The van der Waals surface area contributed by atoms with E-state index in [1.54, 1.807) is 6.07 Å². The highest BCUT2D eigenvalue weighted by atomic mass is 19.3. The molecule has 0 saturated heterocycles. The normalized spacial score (nSPS) is 19.4. The molecule has 0 bridgehead atoms. The number of rotatable bonds is 2. The van der Waals surface area contributed by atoms with Gasteiger partial charge in [-0.15, -0.1) is 0 Å². The van der Waals surface area contributed by atoms with Crippen molar-refractivity contribution in [1.82, 2.24) is 0 Å². The third kappa shape index (κ3) is 1.22. The minimum atomic E-state index is -2.46. The van der Waals surface area contributed by atoms with Gasteiger partial charge in [0.1, 0.15) is 5.82 Å². The largest absolute Gasteiger partial charge is 0.248 e. The van der Waals surface area contributed by atoms with Crippen molar-refractivity contribution in [3.05, 3.63) is 35.6 Å². The molecule has 14 heavy (non-hydrogen) atoms. The van der Waals surface area contributed by atoms with Gasteiger partial charge in [-0.1, -0.05) is 24.6 Å². The monoisotopic (exact) mass is 200 g/mol. The Hall–Kier alpha value is -0.990. The molecule has 2 rings (SSSR count). The third-order valence-corrected chi connectivity index (χ3v) is 3.07. The zero-order chi connectivity index (χ0) is 10.2. The Balaban J connectivity index is 2.42. The van der Waals surface area contributed by atoms with Gasteiger partial charge in [0.2, 0.25) is 6.43 Å². The topological polar surface area (TPSA) is 0 Å². The molecule has 0 N–H and O–H groups in total. The van der Waals surface area contributed by atoms with E-state index >= 15 is 0 Å². The number of benzene rings is 1. The summed E-state index contributed by atoms with van der Waals surface area (Å²) in [4.78, 5) is 0. The van der Waals surface area contributed by atoms with Gasteiger partial charge in [0, 0.05) is 0 Å². The zero-order valence-electron chi connectivity index (χ0n) is 7.64. The van der Waals surface area contributed by atoms with E-state index in [0.29, 0.717) is 12.8 Å². The average Bonchev–Trinajstić information content (AvgIpc) is 2.05. The van der Waals surface area contributed by atoms with Gasteiger partial charge in [0.05, 0.1) is 5.41 Å². The maximum absolute atomic E-state index is 13.3. The lowest BCUT2D eigenvalue weighted by molar-refractivity contribution is -0.00131. The quantitative estimate of drug-likeness (QED) is 0.685. The van der Waals surface area contributed by atoms with E-state index in [-0.39, 0.29) is 5.56 Å². The first-order chi connectivity index (χ1) is 6.67. The molecule has 1 aromatic rings. The lowest BCUT2D eigenvalue weighted by Gasteiger charge is -2.41. The van der Waals surface area contributed by atoms with Crippen LogP contribution in [0.25, 0.3) is 0 Å². The van der Waals surface area contributed by atoms with Gasteiger partial charge < -0.3 is 0 Å². The number of hydrogen-bond donors (Lipinski definition) is 0. The van der Waals surface area contributed by atoms with E-state index in [1.165, 1.54) is 18.2 Å². The summed E-state index contributed by atoms with van der Waals surface area (Å²) in [5, 5.41) is 0. The summed E-state index contributed by atoms with van der Waals surface area (Å²) in [5.41, 5.74) is -1.02. The SMILES string of the molecule is Fc1ccccc1C1(C(F)F)CCC1. The highest BCUT2D eigenvalue weighted by molar-refractivity contribution is 5.30. The van der Waals surface area contributed by atoms with Crippen LogP contribution in [0.1, 0.15) is 24.8 Å². The molecule has 76 valence electrons. The second kappa shape index (κ2) is 3.30. The Bertz CT molecular complexity index is 329. The summed E-state index contributed by atoms with van der Waals surface area (Å²) in [6.07, 6.45) is -0.913. The van der Waals surface area contributed by atoms with Crippen LogP contribution in [0.5, 0.6) is 0 Å². The van der Waals surface area contributed by atoms with Gasteiger partial charge in [0.15, 0.2) is 0 Å². The highest BCUT2D eigenvalue weighted by Gasteiger charge is 2.48. The van der Waals surface area contributed by atoms with Crippen LogP contribution in [0.2, 0.25) is 0 Å². The highest BCUT2D eigenvalue weighted by Crippen LogP contribution is 2.48. The minimum absolute atomic E-state index is 0.182. The Morgan fingerprint density at radius 2 is 1.79 bits per heavy atom. The van der Waals surface area contributed by atoms with Crippen LogP contribution in [0, 0.1) is 5.82 Å². The van der Waals surface area contributed by atoms with Crippen molar-refractivity contribution in [3.63, 3.8) is 0 Å². The van der Waals surface area contributed by atoms with E-state index in [2.05, 4.69) is 0 Å². The van der Waals surface area contributed by atoms with Crippen LogP contribution in [-0.4, -0.2) is 6.43 Å². The van der Waals surface area contributed by atoms with Crippen LogP contribution in [-0.2, 0) is 5.41 Å². The Morgan fingerprint density at radius 1 is 1.14 bits per heavy atom. The van der Waals surface area contributed by atoms with Crippen LogP contribution < -0.4 is 0 Å². The van der Waals surface area contributed by atoms with Crippen molar-refractivity contribution < 1.29 is 13.2 Å². The number of hydrogen-bond acceptors (Lipinski definition) is 0. The summed E-state index contributed by atoms with van der Waals surface area (Å²) in [6.45, 7) is 0. The van der Waals surface area contributed by atoms with Crippen LogP contribution in [0.4, 0.5) is 13.2 Å². The summed E-state index contributed by atoms with van der Waals surface area (Å²) in [7, 11) is 0. The molecule has 0 radical (unpaired) electrons. The van der Waals surface area contributed by atoms with E-state index < -0.39 is 17.7 Å². The molecule has 0 amide bonds. The van der Waals surface area contributed by atoms with E-state index in [9.17, 15) is 13.2 Å². The van der Waals surface area contributed by atoms with Gasteiger partial charge >= 0.3 is 0 Å². The maximum Gasteiger partial charge on any atom is 0.248 e. The summed E-state index contributed by atoms with van der Waals surface area (Å²) < 4.78 is 39.0. The molecule has 3 heteroatoms. The van der Waals surface area contributed by atoms with Gasteiger partial charge in [0.25, 0.3) is 0 Å². The number of halogens is 3. The molecule has 0 atom stereocenters. The molecule has 1 aliphatic rings. The van der Waals surface area contributed by atoms with Crippen molar-refractivity contribution in [2.45, 2.75) is 31.1 Å².